The highest BCUT2D eigenvalue weighted by Gasteiger charge is 1.93. The number of nitrogens with two attached hydrogens (primary N) is 1. The third kappa shape index (κ3) is 4.42. The maximum atomic E-state index is 5.57. The Bertz CT molecular complexity index is 161. The van der Waals surface area contributed by atoms with Crippen molar-refractivity contribution in [2.45, 2.75) is 20.3 Å². The van der Waals surface area contributed by atoms with Crippen LogP contribution < -0.4 is 5.73 Å². The Hall–Kier alpha value is -0.990. The van der Waals surface area contributed by atoms with E-state index in [0.717, 1.165) is 12.2 Å². The molecule has 2 N–H and O–H groups in total. The van der Waals surface area contributed by atoms with Gasteiger partial charge in [0.25, 0.3) is 0 Å². The molecule has 0 unspecified atom stereocenters. The topological polar surface area (TPSA) is 47.6 Å². The summed E-state index contributed by atoms with van der Waals surface area (Å²) in [4.78, 5) is 3.78. The van der Waals surface area contributed by atoms with E-state index < -0.39 is 0 Å². The van der Waals surface area contributed by atoms with Crippen LogP contribution in [0.4, 0.5) is 0 Å². The second kappa shape index (κ2) is 5.77. The molecular formula is C8H16N2O. The Morgan fingerprint density at radius 2 is 2.27 bits per heavy atom. The molecule has 0 spiro atoms. The van der Waals surface area contributed by atoms with Crippen LogP contribution in [0.3, 0.4) is 0 Å². The molecule has 0 bridgehead atoms. The first-order valence-corrected chi connectivity index (χ1v) is 3.73. The Labute approximate surface area is 68.0 Å². The van der Waals surface area contributed by atoms with Gasteiger partial charge in [-0.3, -0.25) is 4.99 Å². The van der Waals surface area contributed by atoms with Crippen molar-refractivity contribution in [3.05, 3.63) is 11.5 Å². The smallest absolute Gasteiger partial charge is 0.117 e. The van der Waals surface area contributed by atoms with E-state index in [2.05, 4.69) is 11.9 Å². The van der Waals surface area contributed by atoms with Crippen LogP contribution in [0.25, 0.3) is 0 Å². The second-order valence-corrected chi connectivity index (χ2v) is 2.25. The van der Waals surface area contributed by atoms with Crippen LogP contribution in [0, 0.1) is 0 Å². The van der Waals surface area contributed by atoms with Gasteiger partial charge in [-0.15, -0.1) is 0 Å². The molecule has 0 saturated heterocycles. The Kier molecular flexibility index (Phi) is 5.25. The average molecular weight is 156 g/mol. The van der Waals surface area contributed by atoms with Gasteiger partial charge < -0.3 is 10.5 Å². The molecule has 0 aromatic heterocycles. The lowest BCUT2D eigenvalue weighted by atomic mass is 10.4. The molecule has 0 atom stereocenters. The normalized spacial score (nSPS) is 13.4. The molecule has 0 radical (unpaired) electrons. The van der Waals surface area contributed by atoms with Crippen molar-refractivity contribution in [2.24, 2.45) is 10.7 Å². The van der Waals surface area contributed by atoms with E-state index in [-0.39, 0.29) is 0 Å². The second-order valence-electron chi connectivity index (χ2n) is 2.25. The van der Waals surface area contributed by atoms with Gasteiger partial charge in [0.2, 0.25) is 0 Å². The molecule has 0 fully saturated rings. The van der Waals surface area contributed by atoms with Crippen LogP contribution in [0.15, 0.2) is 16.4 Å². The zero-order valence-corrected chi connectivity index (χ0v) is 7.42. The maximum Gasteiger partial charge on any atom is 0.117 e. The van der Waals surface area contributed by atoms with Crippen molar-refractivity contribution in [3.8, 4) is 0 Å². The molecule has 0 aliphatic heterocycles. The van der Waals surface area contributed by atoms with Gasteiger partial charge in [-0.25, -0.2) is 0 Å². The summed E-state index contributed by atoms with van der Waals surface area (Å²) in [5.41, 5.74) is 6.17. The fourth-order valence-corrected chi connectivity index (χ4v) is 0.568. The quantitative estimate of drug-likeness (QED) is 0.492. The average Bonchev–Trinajstić information content (AvgIpc) is 2.00. The lowest BCUT2D eigenvalue weighted by molar-refractivity contribution is 0.212. The summed E-state index contributed by atoms with van der Waals surface area (Å²) in [6.07, 6.45) is 2.58. The Morgan fingerprint density at radius 1 is 1.64 bits per heavy atom. The monoisotopic (exact) mass is 156 g/mol. The Morgan fingerprint density at radius 3 is 2.73 bits per heavy atom. The highest BCUT2D eigenvalue weighted by Crippen LogP contribution is 1.98. The SMILES string of the molecule is CCCO/C(C)=C(N)/C=N\C. The predicted octanol–water partition coefficient (Wildman–Crippen LogP) is 1.30. The molecule has 0 rings (SSSR count). The fraction of sp³-hybridized carbons (Fsp3) is 0.625. The van der Waals surface area contributed by atoms with Crippen molar-refractivity contribution in [2.75, 3.05) is 13.7 Å². The van der Waals surface area contributed by atoms with E-state index in [0.29, 0.717) is 12.3 Å². The minimum Gasteiger partial charge on any atom is -0.496 e. The first kappa shape index (κ1) is 10.0. The van der Waals surface area contributed by atoms with Crippen LogP contribution in [-0.4, -0.2) is 19.9 Å². The van der Waals surface area contributed by atoms with Crippen LogP contribution in [-0.2, 0) is 4.74 Å². The van der Waals surface area contributed by atoms with Crippen molar-refractivity contribution >= 4 is 6.21 Å². The standard InChI is InChI=1S/C8H16N2O/c1-4-5-11-7(2)8(9)6-10-3/h6H,4-5,9H2,1-3H3/b8-7-,10-6-. The molecule has 0 heterocycles. The van der Waals surface area contributed by atoms with Gasteiger partial charge in [-0.05, 0) is 13.3 Å². The molecule has 11 heavy (non-hydrogen) atoms. The van der Waals surface area contributed by atoms with Crippen molar-refractivity contribution in [1.29, 1.82) is 0 Å². The van der Waals surface area contributed by atoms with Crippen molar-refractivity contribution < 1.29 is 4.74 Å². The molecule has 3 nitrogen and oxygen atoms in total. The highest BCUT2D eigenvalue weighted by molar-refractivity contribution is 5.77. The molecule has 0 aliphatic rings. The zero-order chi connectivity index (χ0) is 8.69. The van der Waals surface area contributed by atoms with Crippen LogP contribution in [0.2, 0.25) is 0 Å². The predicted molar refractivity (Wildman–Crippen MR) is 47.5 cm³/mol. The highest BCUT2D eigenvalue weighted by atomic mass is 16.5. The van der Waals surface area contributed by atoms with E-state index in [1.54, 1.807) is 13.3 Å². The molecule has 0 saturated carbocycles. The minimum absolute atomic E-state index is 0.598. The number of rotatable bonds is 4. The lowest BCUT2D eigenvalue weighted by Gasteiger charge is -2.05. The van der Waals surface area contributed by atoms with Gasteiger partial charge in [0, 0.05) is 13.3 Å². The van der Waals surface area contributed by atoms with Gasteiger partial charge in [0.15, 0.2) is 0 Å². The molecule has 0 aromatic rings. The molecule has 0 amide bonds. The van der Waals surface area contributed by atoms with E-state index in [4.69, 9.17) is 10.5 Å². The molecule has 3 heteroatoms. The van der Waals surface area contributed by atoms with Gasteiger partial charge in [-0.1, -0.05) is 6.92 Å². The van der Waals surface area contributed by atoms with E-state index >= 15 is 0 Å². The molecule has 0 aromatic carbocycles. The summed E-state index contributed by atoms with van der Waals surface area (Å²) in [5.74, 6) is 0.748. The number of hydrogen-bond donors (Lipinski definition) is 1. The van der Waals surface area contributed by atoms with E-state index in [9.17, 15) is 0 Å². The Balaban J connectivity index is 3.94. The number of ether oxygens (including phenoxy) is 1. The van der Waals surface area contributed by atoms with Crippen molar-refractivity contribution in [1.82, 2.24) is 0 Å². The molecule has 0 aliphatic carbocycles. The largest absolute Gasteiger partial charge is 0.496 e. The maximum absolute atomic E-state index is 5.57. The summed E-state index contributed by atoms with van der Waals surface area (Å²) in [5, 5.41) is 0. The molecular weight excluding hydrogens is 140 g/mol. The minimum atomic E-state index is 0.598. The van der Waals surface area contributed by atoms with Crippen LogP contribution >= 0.6 is 0 Å². The summed E-state index contributed by atoms with van der Waals surface area (Å²) in [6.45, 7) is 4.61. The first-order chi connectivity index (χ1) is 5.22. The number of hydrogen-bond acceptors (Lipinski definition) is 3. The summed E-state index contributed by atoms with van der Waals surface area (Å²) in [7, 11) is 1.68. The van der Waals surface area contributed by atoms with Crippen LogP contribution in [0.5, 0.6) is 0 Å². The third-order valence-electron chi connectivity index (χ3n) is 1.20. The van der Waals surface area contributed by atoms with Gasteiger partial charge in [0.1, 0.15) is 5.76 Å². The number of allylic oxidation sites excluding steroid dienone is 2. The van der Waals surface area contributed by atoms with Gasteiger partial charge in [0.05, 0.1) is 12.3 Å². The van der Waals surface area contributed by atoms with E-state index in [1.807, 2.05) is 6.92 Å². The summed E-state index contributed by atoms with van der Waals surface area (Å²) < 4.78 is 5.27. The van der Waals surface area contributed by atoms with Crippen molar-refractivity contribution in [3.63, 3.8) is 0 Å². The number of nitrogens with zero attached hydrogens (tertiary/aromatic N) is 1. The zero-order valence-electron chi connectivity index (χ0n) is 7.42. The van der Waals surface area contributed by atoms with Crippen LogP contribution in [0.1, 0.15) is 20.3 Å². The van der Waals surface area contributed by atoms with E-state index in [1.165, 1.54) is 0 Å². The van der Waals surface area contributed by atoms with Gasteiger partial charge >= 0.3 is 0 Å². The summed E-state index contributed by atoms with van der Waals surface area (Å²) in [6, 6.07) is 0. The summed E-state index contributed by atoms with van der Waals surface area (Å²) >= 11 is 0. The van der Waals surface area contributed by atoms with Gasteiger partial charge in [-0.2, -0.15) is 0 Å². The first-order valence-electron chi connectivity index (χ1n) is 3.73. The fourth-order valence-electron chi connectivity index (χ4n) is 0.568. The number of aliphatic imine (C=N–C) groups is 1. The third-order valence-corrected chi connectivity index (χ3v) is 1.20. The lowest BCUT2D eigenvalue weighted by Crippen LogP contribution is -2.05. The molecule has 64 valence electrons.